The Kier molecular flexibility index (Phi) is 10.7. The number of carbonyl (C=O) groups excluding carboxylic acids is 3. The first kappa shape index (κ1) is 32.7. The molecule has 234 valence electrons. The summed E-state index contributed by atoms with van der Waals surface area (Å²) in [6.45, 7) is 2.18. The van der Waals surface area contributed by atoms with Gasteiger partial charge in [0.1, 0.15) is 17.9 Å². The van der Waals surface area contributed by atoms with Gasteiger partial charge >= 0.3 is 0 Å². The number of hydrogen-bond donors (Lipinski definition) is 2. The van der Waals surface area contributed by atoms with Gasteiger partial charge in [-0.3, -0.25) is 14.4 Å². The molecule has 0 saturated heterocycles. The first-order valence-corrected chi connectivity index (χ1v) is 15.9. The third kappa shape index (κ3) is 8.11. The fourth-order valence-corrected chi connectivity index (χ4v) is 5.79. The smallest absolute Gasteiger partial charge is 0.251 e. The van der Waals surface area contributed by atoms with Crippen molar-refractivity contribution in [3.63, 3.8) is 0 Å². The number of ether oxygens (including phenoxy) is 1. The molecule has 11 heteroatoms. The van der Waals surface area contributed by atoms with E-state index >= 15 is 0 Å². The first-order valence-electron chi connectivity index (χ1n) is 14.3. The van der Waals surface area contributed by atoms with Crippen LogP contribution in [0.2, 0.25) is 10.0 Å². The molecule has 0 unspecified atom stereocenters. The number of para-hydroxylation sites is 1. The standard InChI is InChI=1S/C35H30Cl2N4O4S/c1-22-8-12-24-5-3-7-30(34(24)40-22)45-21-27-28(36)15-16-29(33(27)37)41(2)32(43)20-38-31(42)17-11-23-9-13-25(14-10-23)35(44)39-19-26-6-4-18-46-26/h3-18H,19-21H2,1-2H3,(H,38,42)(H,39,44). The summed E-state index contributed by atoms with van der Waals surface area (Å²) in [5.74, 6) is -0.425. The van der Waals surface area contributed by atoms with Gasteiger partial charge in [-0.25, -0.2) is 4.98 Å². The Balaban J connectivity index is 1.15. The van der Waals surface area contributed by atoms with Gasteiger partial charge in [0.15, 0.2) is 0 Å². The van der Waals surface area contributed by atoms with Crippen molar-refractivity contribution in [2.24, 2.45) is 0 Å². The van der Waals surface area contributed by atoms with Crippen molar-refractivity contribution in [1.29, 1.82) is 0 Å². The van der Waals surface area contributed by atoms with Crippen LogP contribution in [-0.4, -0.2) is 36.3 Å². The van der Waals surface area contributed by atoms with Gasteiger partial charge in [-0.05, 0) is 66.4 Å². The predicted molar refractivity (Wildman–Crippen MR) is 185 cm³/mol. The predicted octanol–water partition coefficient (Wildman–Crippen LogP) is 7.21. The van der Waals surface area contributed by atoms with E-state index in [1.54, 1.807) is 60.9 Å². The van der Waals surface area contributed by atoms with Gasteiger partial charge < -0.3 is 20.3 Å². The van der Waals surface area contributed by atoms with Crippen LogP contribution in [0.4, 0.5) is 5.69 Å². The van der Waals surface area contributed by atoms with E-state index in [0.29, 0.717) is 34.1 Å². The van der Waals surface area contributed by atoms with Crippen LogP contribution in [0.5, 0.6) is 5.75 Å². The average molecular weight is 674 g/mol. The summed E-state index contributed by atoms with van der Waals surface area (Å²) in [4.78, 5) is 44.8. The van der Waals surface area contributed by atoms with E-state index in [9.17, 15) is 14.4 Å². The number of rotatable bonds is 11. The highest BCUT2D eigenvalue weighted by Gasteiger charge is 2.19. The molecule has 5 rings (SSSR count). The van der Waals surface area contributed by atoms with Gasteiger partial charge in [0.25, 0.3) is 5.91 Å². The monoisotopic (exact) mass is 672 g/mol. The van der Waals surface area contributed by atoms with Crippen molar-refractivity contribution < 1.29 is 19.1 Å². The summed E-state index contributed by atoms with van der Waals surface area (Å²) < 4.78 is 6.08. The maximum absolute atomic E-state index is 13.0. The zero-order chi connectivity index (χ0) is 32.6. The Bertz CT molecular complexity index is 1910. The summed E-state index contributed by atoms with van der Waals surface area (Å²) in [5.41, 5.74) is 3.78. The first-order chi connectivity index (χ1) is 22.2. The molecule has 0 radical (unpaired) electrons. The molecule has 0 atom stereocenters. The fourth-order valence-electron chi connectivity index (χ4n) is 4.54. The number of hydrogen-bond acceptors (Lipinski definition) is 6. The largest absolute Gasteiger partial charge is 0.487 e. The number of carbonyl (C=O) groups is 3. The van der Waals surface area contributed by atoms with E-state index in [0.717, 1.165) is 27.0 Å². The number of thiophene rings is 1. The molecule has 5 aromatic rings. The molecule has 2 heterocycles. The number of fused-ring (bicyclic) bond motifs is 1. The maximum Gasteiger partial charge on any atom is 0.251 e. The van der Waals surface area contributed by atoms with E-state index in [-0.39, 0.29) is 30.0 Å². The minimum atomic E-state index is -0.449. The van der Waals surface area contributed by atoms with E-state index in [1.807, 2.05) is 54.8 Å². The Morgan fingerprint density at radius 2 is 1.76 bits per heavy atom. The molecule has 0 aliphatic rings. The lowest BCUT2D eigenvalue weighted by Crippen LogP contribution is -2.37. The number of aromatic nitrogens is 1. The van der Waals surface area contributed by atoms with Crippen LogP contribution in [0.25, 0.3) is 17.0 Å². The SMILES string of the molecule is Cc1ccc2cccc(OCc3c(Cl)ccc(N(C)C(=O)CNC(=O)C=Cc4ccc(C(=O)NCc5cccs5)cc4)c3Cl)c2n1. The number of halogens is 2. The molecule has 0 saturated carbocycles. The van der Waals surface area contributed by atoms with Crippen molar-refractivity contribution in [2.75, 3.05) is 18.5 Å². The molecule has 8 nitrogen and oxygen atoms in total. The highest BCUT2D eigenvalue weighted by molar-refractivity contribution is 7.09. The molecule has 3 aromatic carbocycles. The number of nitrogens with one attached hydrogen (secondary N) is 2. The topological polar surface area (TPSA) is 101 Å². The minimum Gasteiger partial charge on any atom is -0.487 e. The van der Waals surface area contributed by atoms with Gasteiger partial charge in [0.2, 0.25) is 11.8 Å². The molecule has 0 aliphatic carbocycles. The van der Waals surface area contributed by atoms with Gasteiger partial charge in [0, 0.05) is 45.2 Å². The van der Waals surface area contributed by atoms with Crippen molar-refractivity contribution in [3.05, 3.63) is 128 Å². The Morgan fingerprint density at radius 1 is 0.957 bits per heavy atom. The fraction of sp³-hybridized carbons (Fsp3) is 0.143. The molecule has 46 heavy (non-hydrogen) atoms. The second-order valence-electron chi connectivity index (χ2n) is 10.3. The molecule has 2 aromatic heterocycles. The minimum absolute atomic E-state index is 0.0601. The quantitative estimate of drug-likeness (QED) is 0.144. The highest BCUT2D eigenvalue weighted by Crippen LogP contribution is 2.35. The van der Waals surface area contributed by atoms with Crippen LogP contribution in [-0.2, 0) is 22.7 Å². The second kappa shape index (κ2) is 15.1. The number of anilines is 1. The van der Waals surface area contributed by atoms with Gasteiger partial charge in [-0.2, -0.15) is 0 Å². The lowest BCUT2D eigenvalue weighted by atomic mass is 10.1. The summed E-state index contributed by atoms with van der Waals surface area (Å²) in [7, 11) is 1.57. The summed E-state index contributed by atoms with van der Waals surface area (Å²) in [6, 6.07) is 23.6. The molecular weight excluding hydrogens is 643 g/mol. The Labute approximate surface area is 280 Å². The summed E-state index contributed by atoms with van der Waals surface area (Å²) in [6.07, 6.45) is 2.93. The van der Waals surface area contributed by atoms with Crippen LogP contribution >= 0.6 is 34.5 Å². The van der Waals surface area contributed by atoms with Crippen LogP contribution in [0.3, 0.4) is 0 Å². The van der Waals surface area contributed by atoms with Crippen LogP contribution in [0, 0.1) is 6.92 Å². The molecule has 3 amide bonds. The number of likely N-dealkylation sites (N-methyl/N-ethyl adjacent to an activating group) is 1. The third-order valence-electron chi connectivity index (χ3n) is 7.11. The van der Waals surface area contributed by atoms with E-state index in [2.05, 4.69) is 15.6 Å². The molecule has 0 bridgehead atoms. The zero-order valence-electron chi connectivity index (χ0n) is 25.1. The van der Waals surface area contributed by atoms with Crippen molar-refractivity contribution >= 4 is 74.9 Å². The van der Waals surface area contributed by atoms with Crippen molar-refractivity contribution in [2.45, 2.75) is 20.1 Å². The van der Waals surface area contributed by atoms with E-state index in [1.165, 1.54) is 11.0 Å². The number of benzene rings is 3. The Morgan fingerprint density at radius 3 is 2.52 bits per heavy atom. The van der Waals surface area contributed by atoms with Gasteiger partial charge in [-0.1, -0.05) is 59.6 Å². The van der Waals surface area contributed by atoms with Crippen LogP contribution in [0.1, 0.15) is 32.1 Å². The number of aryl methyl sites for hydroxylation is 1. The third-order valence-corrected chi connectivity index (χ3v) is 8.76. The molecule has 0 spiro atoms. The molecule has 2 N–H and O–H groups in total. The molecule has 0 fully saturated rings. The number of nitrogens with zero attached hydrogens (tertiary/aromatic N) is 2. The summed E-state index contributed by atoms with van der Waals surface area (Å²) in [5, 5.41) is 9.04. The van der Waals surface area contributed by atoms with E-state index in [4.69, 9.17) is 27.9 Å². The molecule has 0 aliphatic heterocycles. The Hall–Kier alpha value is -4.70. The zero-order valence-corrected chi connectivity index (χ0v) is 27.4. The highest BCUT2D eigenvalue weighted by atomic mass is 35.5. The van der Waals surface area contributed by atoms with Gasteiger partial charge in [0.05, 0.1) is 23.8 Å². The van der Waals surface area contributed by atoms with Crippen LogP contribution < -0.4 is 20.3 Å². The van der Waals surface area contributed by atoms with Gasteiger partial charge in [-0.15, -0.1) is 11.3 Å². The lowest BCUT2D eigenvalue weighted by molar-refractivity contribution is -0.122. The van der Waals surface area contributed by atoms with Crippen LogP contribution in [0.15, 0.2) is 90.3 Å². The lowest BCUT2D eigenvalue weighted by Gasteiger charge is -2.21. The van der Waals surface area contributed by atoms with E-state index < -0.39 is 5.91 Å². The number of amides is 3. The van der Waals surface area contributed by atoms with Crippen molar-refractivity contribution in [3.8, 4) is 5.75 Å². The normalized spacial score (nSPS) is 11.0. The number of pyridine rings is 1. The summed E-state index contributed by atoms with van der Waals surface area (Å²) >= 11 is 14.8. The molecular formula is C35H30Cl2N4O4S. The van der Waals surface area contributed by atoms with Crippen molar-refractivity contribution in [1.82, 2.24) is 15.6 Å². The maximum atomic E-state index is 13.0. The average Bonchev–Trinajstić information content (AvgIpc) is 3.59. The second-order valence-corrected chi connectivity index (χ2v) is 12.1.